The Morgan fingerprint density at radius 1 is 1.31 bits per heavy atom. The summed E-state index contributed by atoms with van der Waals surface area (Å²) in [5.74, 6) is -0.159. The molecular formula is C11H9NO. The van der Waals surface area contributed by atoms with Crippen LogP contribution in [0.3, 0.4) is 0 Å². The van der Waals surface area contributed by atoms with Crippen LogP contribution in [-0.2, 0) is 0 Å². The van der Waals surface area contributed by atoms with Crippen molar-refractivity contribution in [3.63, 3.8) is 0 Å². The van der Waals surface area contributed by atoms with E-state index >= 15 is 0 Å². The summed E-state index contributed by atoms with van der Waals surface area (Å²) < 4.78 is 0. The first-order valence-corrected chi connectivity index (χ1v) is 4.08. The molecule has 0 aliphatic carbocycles. The van der Waals surface area contributed by atoms with Crippen molar-refractivity contribution < 1.29 is 4.79 Å². The summed E-state index contributed by atoms with van der Waals surface area (Å²) in [7, 11) is 0. The molecule has 2 rings (SSSR count). The molecule has 13 heavy (non-hydrogen) atoms. The van der Waals surface area contributed by atoms with Crippen LogP contribution < -0.4 is 0 Å². The summed E-state index contributed by atoms with van der Waals surface area (Å²) in [4.78, 5) is 15.3. The summed E-state index contributed by atoms with van der Waals surface area (Å²) in [6.07, 6.45) is 0. The first kappa shape index (κ1) is 7.92. The summed E-state index contributed by atoms with van der Waals surface area (Å²) in [6.45, 7) is 5.64. The SMILES string of the molecule is C=C(C)C1=NC(=O)c2ccccc21. The van der Waals surface area contributed by atoms with E-state index in [2.05, 4.69) is 11.6 Å². The van der Waals surface area contributed by atoms with E-state index < -0.39 is 0 Å². The third kappa shape index (κ3) is 1.11. The van der Waals surface area contributed by atoms with Crippen molar-refractivity contribution in [1.82, 2.24) is 0 Å². The molecule has 2 heteroatoms. The maximum absolute atomic E-state index is 11.4. The van der Waals surface area contributed by atoms with Crippen molar-refractivity contribution in [2.45, 2.75) is 6.92 Å². The van der Waals surface area contributed by atoms with E-state index in [1.807, 2.05) is 25.1 Å². The van der Waals surface area contributed by atoms with E-state index in [9.17, 15) is 4.79 Å². The lowest BCUT2D eigenvalue weighted by Gasteiger charge is -1.99. The molecule has 0 saturated carbocycles. The van der Waals surface area contributed by atoms with Crippen molar-refractivity contribution in [3.05, 3.63) is 47.5 Å². The first-order chi connectivity index (χ1) is 6.20. The molecule has 1 heterocycles. The van der Waals surface area contributed by atoms with E-state index in [-0.39, 0.29) is 5.91 Å². The van der Waals surface area contributed by atoms with Gasteiger partial charge in [-0.3, -0.25) is 4.79 Å². The highest BCUT2D eigenvalue weighted by Crippen LogP contribution is 2.21. The minimum Gasteiger partial charge on any atom is -0.267 e. The summed E-state index contributed by atoms with van der Waals surface area (Å²) in [6, 6.07) is 7.42. The molecule has 0 spiro atoms. The summed E-state index contributed by atoms with van der Waals surface area (Å²) in [5, 5.41) is 0. The molecule has 2 nitrogen and oxygen atoms in total. The summed E-state index contributed by atoms with van der Waals surface area (Å²) in [5.41, 5.74) is 3.14. The number of hydrogen-bond acceptors (Lipinski definition) is 1. The first-order valence-electron chi connectivity index (χ1n) is 4.08. The van der Waals surface area contributed by atoms with Crippen LogP contribution in [-0.4, -0.2) is 11.6 Å². The molecular weight excluding hydrogens is 162 g/mol. The van der Waals surface area contributed by atoms with Gasteiger partial charge in [-0.15, -0.1) is 0 Å². The van der Waals surface area contributed by atoms with E-state index in [1.54, 1.807) is 6.07 Å². The minimum atomic E-state index is -0.159. The van der Waals surface area contributed by atoms with Gasteiger partial charge < -0.3 is 0 Å². The Hall–Kier alpha value is -1.70. The lowest BCUT2D eigenvalue weighted by atomic mass is 10.0. The molecule has 0 fully saturated rings. The molecule has 0 N–H and O–H groups in total. The smallest absolute Gasteiger partial charge is 0.267 e. The highest BCUT2D eigenvalue weighted by atomic mass is 16.1. The molecule has 0 saturated heterocycles. The molecule has 1 aromatic rings. The quantitative estimate of drug-likeness (QED) is 0.637. The molecule has 0 radical (unpaired) electrons. The monoisotopic (exact) mass is 171 g/mol. The van der Waals surface area contributed by atoms with E-state index in [1.165, 1.54) is 0 Å². The van der Waals surface area contributed by atoms with Gasteiger partial charge >= 0.3 is 0 Å². The third-order valence-corrected chi connectivity index (χ3v) is 2.03. The number of amides is 1. The largest absolute Gasteiger partial charge is 0.278 e. The Bertz CT molecular complexity index is 429. The number of carbonyl (C=O) groups excluding carboxylic acids is 1. The zero-order chi connectivity index (χ0) is 9.42. The maximum atomic E-state index is 11.4. The number of nitrogens with zero attached hydrogens (tertiary/aromatic N) is 1. The highest BCUT2D eigenvalue weighted by molar-refractivity contribution is 6.26. The number of fused-ring (bicyclic) bond motifs is 1. The number of aliphatic imine (C=N–C) groups is 1. The van der Waals surface area contributed by atoms with Crippen LogP contribution in [0.5, 0.6) is 0 Å². The fourth-order valence-electron chi connectivity index (χ4n) is 1.42. The molecule has 64 valence electrons. The van der Waals surface area contributed by atoms with E-state index in [0.29, 0.717) is 5.56 Å². The van der Waals surface area contributed by atoms with Gasteiger partial charge in [-0.1, -0.05) is 24.8 Å². The Labute approximate surface area is 76.6 Å². The number of hydrogen-bond donors (Lipinski definition) is 0. The van der Waals surface area contributed by atoms with Gasteiger partial charge in [0.1, 0.15) is 0 Å². The van der Waals surface area contributed by atoms with Gasteiger partial charge in [0.25, 0.3) is 5.91 Å². The lowest BCUT2D eigenvalue weighted by Crippen LogP contribution is -1.98. The second kappa shape index (κ2) is 2.66. The Morgan fingerprint density at radius 2 is 1.92 bits per heavy atom. The topological polar surface area (TPSA) is 29.4 Å². The van der Waals surface area contributed by atoms with Gasteiger partial charge in [-0.25, -0.2) is 4.99 Å². The fourth-order valence-corrected chi connectivity index (χ4v) is 1.42. The average Bonchev–Trinajstić information content (AvgIpc) is 2.45. The molecule has 0 atom stereocenters. The predicted octanol–water partition coefficient (Wildman–Crippen LogP) is 2.21. The van der Waals surface area contributed by atoms with Gasteiger partial charge in [-0.05, 0) is 18.6 Å². The van der Waals surface area contributed by atoms with E-state index in [0.717, 1.165) is 16.8 Å². The molecule has 0 bridgehead atoms. The average molecular weight is 171 g/mol. The Balaban J connectivity index is 2.64. The maximum Gasteiger partial charge on any atom is 0.278 e. The number of benzene rings is 1. The van der Waals surface area contributed by atoms with Crippen LogP contribution in [0, 0.1) is 0 Å². The lowest BCUT2D eigenvalue weighted by molar-refractivity contribution is 0.101. The van der Waals surface area contributed by atoms with E-state index in [4.69, 9.17) is 0 Å². The second-order valence-electron chi connectivity index (χ2n) is 3.09. The number of carbonyl (C=O) groups is 1. The number of allylic oxidation sites excluding steroid dienone is 1. The van der Waals surface area contributed by atoms with Crippen molar-refractivity contribution in [2.24, 2.45) is 4.99 Å². The third-order valence-electron chi connectivity index (χ3n) is 2.03. The Morgan fingerprint density at radius 3 is 2.54 bits per heavy atom. The molecule has 1 aliphatic heterocycles. The molecule has 1 aliphatic rings. The van der Waals surface area contributed by atoms with Crippen LogP contribution >= 0.6 is 0 Å². The Kier molecular flexibility index (Phi) is 1.62. The van der Waals surface area contributed by atoms with Gasteiger partial charge in [-0.2, -0.15) is 0 Å². The fraction of sp³-hybridized carbons (Fsp3) is 0.0909. The predicted molar refractivity (Wildman–Crippen MR) is 52.1 cm³/mol. The second-order valence-corrected chi connectivity index (χ2v) is 3.09. The van der Waals surface area contributed by atoms with Gasteiger partial charge in [0.05, 0.1) is 11.3 Å². The van der Waals surface area contributed by atoms with Crippen molar-refractivity contribution in [1.29, 1.82) is 0 Å². The zero-order valence-electron chi connectivity index (χ0n) is 7.37. The van der Waals surface area contributed by atoms with Crippen molar-refractivity contribution in [2.75, 3.05) is 0 Å². The van der Waals surface area contributed by atoms with Crippen LogP contribution in [0.2, 0.25) is 0 Å². The van der Waals surface area contributed by atoms with Gasteiger partial charge in [0, 0.05) is 5.56 Å². The molecule has 0 aromatic heterocycles. The van der Waals surface area contributed by atoms with Crippen molar-refractivity contribution >= 4 is 11.6 Å². The molecule has 0 unspecified atom stereocenters. The number of rotatable bonds is 1. The molecule has 1 aromatic carbocycles. The van der Waals surface area contributed by atoms with Crippen LogP contribution in [0.25, 0.3) is 0 Å². The summed E-state index contributed by atoms with van der Waals surface area (Å²) >= 11 is 0. The molecule has 1 amide bonds. The van der Waals surface area contributed by atoms with Crippen LogP contribution in [0.1, 0.15) is 22.8 Å². The van der Waals surface area contributed by atoms with Crippen LogP contribution in [0.4, 0.5) is 0 Å². The zero-order valence-corrected chi connectivity index (χ0v) is 7.37. The standard InChI is InChI=1S/C11H9NO/c1-7(2)10-8-5-3-4-6-9(8)11(13)12-10/h3-6H,1H2,2H3. The van der Waals surface area contributed by atoms with Crippen LogP contribution in [0.15, 0.2) is 41.4 Å². The van der Waals surface area contributed by atoms with Gasteiger partial charge in [0.15, 0.2) is 0 Å². The highest BCUT2D eigenvalue weighted by Gasteiger charge is 2.22. The minimum absolute atomic E-state index is 0.159. The normalized spacial score (nSPS) is 13.9. The van der Waals surface area contributed by atoms with Gasteiger partial charge in [0.2, 0.25) is 0 Å². The van der Waals surface area contributed by atoms with Crippen molar-refractivity contribution in [3.8, 4) is 0 Å².